The van der Waals surface area contributed by atoms with E-state index in [1.54, 1.807) is 11.3 Å². The number of hydrogen-bond donors (Lipinski definition) is 1. The lowest BCUT2D eigenvalue weighted by atomic mass is 9.91. The van der Waals surface area contributed by atoms with Gasteiger partial charge in [0.2, 0.25) is 0 Å². The molecular weight excluding hydrogens is 539 g/mol. The molecule has 0 aliphatic carbocycles. The van der Waals surface area contributed by atoms with Crippen molar-refractivity contribution in [3.63, 3.8) is 0 Å². The largest absolute Gasteiger partial charge is 0.455 e. The lowest BCUT2D eigenvalue weighted by Crippen LogP contribution is -2.18. The van der Waals surface area contributed by atoms with Crippen LogP contribution in [0.1, 0.15) is 37.1 Å². The summed E-state index contributed by atoms with van der Waals surface area (Å²) in [5.74, 6) is 2.76. The predicted octanol–water partition coefficient (Wildman–Crippen LogP) is 10.6. The highest BCUT2D eigenvalue weighted by Gasteiger charge is 2.31. The van der Waals surface area contributed by atoms with Crippen LogP contribution in [-0.4, -0.2) is 6.04 Å². The highest BCUT2D eigenvalue weighted by Crippen LogP contribution is 2.60. The highest BCUT2D eigenvalue weighted by molar-refractivity contribution is 7.24. The topological polar surface area (TPSA) is 44.5 Å². The summed E-state index contributed by atoms with van der Waals surface area (Å²) in [6, 6.07) is 22.5. The summed E-state index contributed by atoms with van der Waals surface area (Å²) in [5, 5.41) is 4.56. The van der Waals surface area contributed by atoms with E-state index in [0.717, 1.165) is 58.8 Å². The summed E-state index contributed by atoms with van der Waals surface area (Å²) < 4.78 is 14.4. The van der Waals surface area contributed by atoms with Gasteiger partial charge in [-0.1, -0.05) is 37.3 Å². The van der Waals surface area contributed by atoms with E-state index >= 15 is 0 Å². The number of fused-ring (bicyclic) bond motifs is 6. The first-order valence-electron chi connectivity index (χ1n) is 13.6. The number of nitrogens with two attached hydrogens (primary N) is 1. The molecule has 0 bridgehead atoms. The number of hydrogen-bond acceptors (Lipinski definition) is 6. The molecular formula is C33H27NO2S3. The minimum atomic E-state index is 0.277. The summed E-state index contributed by atoms with van der Waals surface area (Å²) in [5.41, 5.74) is 11.2. The van der Waals surface area contributed by atoms with E-state index in [0.29, 0.717) is 0 Å². The van der Waals surface area contributed by atoms with Gasteiger partial charge in [0, 0.05) is 58.7 Å². The van der Waals surface area contributed by atoms with Crippen molar-refractivity contribution in [3.05, 3.63) is 71.1 Å². The Labute approximate surface area is 239 Å². The van der Waals surface area contributed by atoms with Crippen molar-refractivity contribution in [1.29, 1.82) is 0 Å². The van der Waals surface area contributed by atoms with Crippen LogP contribution in [0, 0.1) is 0 Å². The molecule has 0 saturated carbocycles. The Morgan fingerprint density at radius 1 is 0.769 bits per heavy atom. The molecule has 5 heterocycles. The molecule has 2 N–H and O–H groups in total. The Balaban J connectivity index is 1.23. The first kappa shape index (κ1) is 23.7. The van der Waals surface area contributed by atoms with Crippen molar-refractivity contribution in [3.8, 4) is 53.6 Å². The maximum Gasteiger partial charge on any atom is 0.190 e. The van der Waals surface area contributed by atoms with Crippen molar-refractivity contribution in [2.24, 2.45) is 5.73 Å². The van der Waals surface area contributed by atoms with Crippen LogP contribution < -0.4 is 15.2 Å². The lowest BCUT2D eigenvalue weighted by molar-refractivity contribution is 0.486. The molecule has 3 aromatic heterocycles. The van der Waals surface area contributed by atoms with Crippen LogP contribution >= 0.6 is 34.0 Å². The number of ether oxygens (including phenoxy) is 2. The van der Waals surface area contributed by atoms with Gasteiger partial charge in [0.15, 0.2) is 5.06 Å². The van der Waals surface area contributed by atoms with Crippen LogP contribution in [0.2, 0.25) is 0 Å². The fourth-order valence-corrected chi connectivity index (χ4v) is 9.18. The monoisotopic (exact) mass is 565 g/mol. The molecule has 0 fully saturated rings. The van der Waals surface area contributed by atoms with Gasteiger partial charge in [0.1, 0.15) is 17.2 Å². The normalized spacial score (nSPS) is 13.7. The van der Waals surface area contributed by atoms with Crippen molar-refractivity contribution >= 4 is 54.9 Å². The van der Waals surface area contributed by atoms with Crippen molar-refractivity contribution in [1.82, 2.24) is 0 Å². The van der Waals surface area contributed by atoms with E-state index in [2.05, 4.69) is 74.5 Å². The Hall–Kier alpha value is -3.16. The van der Waals surface area contributed by atoms with Crippen LogP contribution in [-0.2, 0) is 12.8 Å². The third-order valence-electron chi connectivity index (χ3n) is 8.04. The quantitative estimate of drug-likeness (QED) is 0.218. The second-order valence-corrected chi connectivity index (χ2v) is 13.6. The highest BCUT2D eigenvalue weighted by atomic mass is 32.1. The van der Waals surface area contributed by atoms with Crippen LogP contribution in [0.25, 0.3) is 52.2 Å². The molecule has 3 nitrogen and oxygen atoms in total. The Kier molecular flexibility index (Phi) is 5.43. The third kappa shape index (κ3) is 3.62. The summed E-state index contributed by atoms with van der Waals surface area (Å²) in [7, 11) is 0. The van der Waals surface area contributed by atoms with E-state index in [9.17, 15) is 0 Å². The van der Waals surface area contributed by atoms with Gasteiger partial charge in [0.05, 0.1) is 4.88 Å². The second-order valence-electron chi connectivity index (χ2n) is 10.4. The first-order valence-corrected chi connectivity index (χ1v) is 16.1. The molecule has 6 heteroatoms. The zero-order valence-electron chi connectivity index (χ0n) is 21.8. The van der Waals surface area contributed by atoms with Gasteiger partial charge in [-0.25, -0.2) is 0 Å². The van der Waals surface area contributed by atoms with E-state index in [1.807, 2.05) is 22.7 Å². The summed E-state index contributed by atoms with van der Waals surface area (Å²) in [6.07, 6.45) is 4.13. The van der Waals surface area contributed by atoms with Gasteiger partial charge in [-0.05, 0) is 79.3 Å². The van der Waals surface area contributed by atoms with E-state index in [-0.39, 0.29) is 6.04 Å². The van der Waals surface area contributed by atoms with Crippen molar-refractivity contribution in [2.45, 2.75) is 45.6 Å². The smallest absolute Gasteiger partial charge is 0.190 e. The Morgan fingerprint density at radius 2 is 1.59 bits per heavy atom. The van der Waals surface area contributed by atoms with Gasteiger partial charge < -0.3 is 15.2 Å². The zero-order chi connectivity index (χ0) is 26.2. The van der Waals surface area contributed by atoms with Gasteiger partial charge in [-0.15, -0.1) is 22.7 Å². The molecule has 2 aliphatic heterocycles. The number of thiophene rings is 3. The average molecular weight is 566 g/mol. The molecule has 0 amide bonds. The molecule has 1 unspecified atom stereocenters. The number of rotatable bonds is 6. The van der Waals surface area contributed by atoms with Crippen molar-refractivity contribution < 1.29 is 9.47 Å². The van der Waals surface area contributed by atoms with Gasteiger partial charge >= 0.3 is 0 Å². The molecule has 0 radical (unpaired) electrons. The molecule has 194 valence electrons. The fraction of sp³-hybridized carbons (Fsp3) is 0.212. The van der Waals surface area contributed by atoms with Gasteiger partial charge in [-0.3, -0.25) is 0 Å². The second kappa shape index (κ2) is 8.93. The molecule has 6 aromatic rings. The summed E-state index contributed by atoms with van der Waals surface area (Å²) >= 11 is 5.44. The summed E-state index contributed by atoms with van der Waals surface area (Å²) in [6.45, 7) is 4.36. The predicted molar refractivity (Wildman–Crippen MR) is 168 cm³/mol. The molecule has 0 spiro atoms. The minimum absolute atomic E-state index is 0.277. The zero-order valence-corrected chi connectivity index (χ0v) is 24.2. The number of benzene rings is 3. The Morgan fingerprint density at radius 3 is 2.44 bits per heavy atom. The van der Waals surface area contributed by atoms with Crippen molar-refractivity contribution in [2.75, 3.05) is 0 Å². The SMILES string of the molecule is CCc1ccc2c3c(sc2c1)Oc1ccc2c4c(ccc-3c14)Oc1cc(-c3ccc(CCC(N)CC)s3)sc1-2. The Bertz CT molecular complexity index is 1920. The molecule has 0 saturated heterocycles. The van der Waals surface area contributed by atoms with Gasteiger partial charge in [0.25, 0.3) is 0 Å². The van der Waals surface area contributed by atoms with E-state index in [1.165, 1.54) is 51.8 Å². The van der Waals surface area contributed by atoms with Crippen LogP contribution in [0.5, 0.6) is 22.3 Å². The molecule has 3 aromatic carbocycles. The van der Waals surface area contributed by atoms with Gasteiger partial charge in [-0.2, -0.15) is 0 Å². The lowest BCUT2D eigenvalue weighted by Gasteiger charge is -2.24. The molecule has 1 atom stereocenters. The standard InChI is InChI=1S/C33H27NO2S3/c1-3-17-5-9-20-27(15-17)39-33-29(20)21-10-12-23-31-22(11-13-24(36-33)30(21)31)32-25(35-23)16-28(38-32)26-14-8-19(37-26)7-6-18(34)4-2/h5,8-16,18H,3-4,6-7,34H2,1-2H3. The maximum atomic E-state index is 6.56. The minimum Gasteiger partial charge on any atom is -0.455 e. The van der Waals surface area contributed by atoms with Crippen LogP contribution in [0.3, 0.4) is 0 Å². The molecule has 2 aliphatic rings. The summed E-state index contributed by atoms with van der Waals surface area (Å²) in [4.78, 5) is 5.13. The first-order chi connectivity index (χ1) is 19.1. The maximum absolute atomic E-state index is 6.56. The van der Waals surface area contributed by atoms with Crippen LogP contribution in [0.4, 0.5) is 0 Å². The number of aryl methyl sites for hydroxylation is 2. The van der Waals surface area contributed by atoms with E-state index < -0.39 is 0 Å². The van der Waals surface area contributed by atoms with E-state index in [4.69, 9.17) is 15.2 Å². The average Bonchev–Trinajstić information content (AvgIpc) is 3.69. The third-order valence-corrected chi connectivity index (χ3v) is 11.6. The molecule has 39 heavy (non-hydrogen) atoms. The fourth-order valence-electron chi connectivity index (χ4n) is 5.82. The molecule has 8 rings (SSSR count). The van der Waals surface area contributed by atoms with Crippen LogP contribution in [0.15, 0.2) is 60.7 Å².